The quantitative estimate of drug-likeness (QED) is 0.624. The molecular weight excluding hydrogens is 394 g/mol. The van der Waals surface area contributed by atoms with Crippen LogP contribution in [0.25, 0.3) is 11.1 Å². The van der Waals surface area contributed by atoms with Gasteiger partial charge in [-0.1, -0.05) is 54.6 Å². The van der Waals surface area contributed by atoms with Gasteiger partial charge in [0.25, 0.3) is 5.91 Å². The summed E-state index contributed by atoms with van der Waals surface area (Å²) in [5.74, 6) is -0.341. The fourth-order valence-corrected chi connectivity index (χ4v) is 4.52. The Balaban J connectivity index is 1.35. The molecule has 162 valence electrons. The van der Waals surface area contributed by atoms with Crippen LogP contribution in [0.4, 0.5) is 4.79 Å². The first-order valence-corrected chi connectivity index (χ1v) is 10.7. The lowest BCUT2D eigenvalue weighted by atomic mass is 9.87. The normalized spacial score (nSPS) is 21.6. The number of likely N-dealkylation sites (tertiary alicyclic amines) is 1. The van der Waals surface area contributed by atoms with Gasteiger partial charge in [0.1, 0.15) is 5.54 Å². The summed E-state index contributed by atoms with van der Waals surface area (Å²) in [4.78, 5) is 38.4. The van der Waals surface area contributed by atoms with Crippen LogP contribution >= 0.6 is 0 Å². The molecule has 0 saturated carbocycles. The summed E-state index contributed by atoms with van der Waals surface area (Å²) in [7, 11) is 0. The number of hydrogen-bond donors (Lipinski definition) is 3. The molecule has 2 heterocycles. The molecule has 1 atom stereocenters. The molecule has 4 amide bonds. The van der Waals surface area contributed by atoms with Crippen LogP contribution in [0.1, 0.15) is 37.2 Å². The van der Waals surface area contributed by atoms with Crippen LogP contribution in [-0.4, -0.2) is 53.1 Å². The Morgan fingerprint density at radius 3 is 2.23 bits per heavy atom. The Bertz CT molecular complexity index is 953. The Labute approximate surface area is 181 Å². The van der Waals surface area contributed by atoms with E-state index in [1.807, 2.05) is 18.2 Å². The van der Waals surface area contributed by atoms with E-state index in [1.54, 1.807) is 4.90 Å². The zero-order valence-corrected chi connectivity index (χ0v) is 17.3. The minimum absolute atomic E-state index is 0.0144. The smallest absolute Gasteiger partial charge is 0.322 e. The second-order valence-electron chi connectivity index (χ2n) is 8.28. The van der Waals surface area contributed by atoms with Crippen molar-refractivity contribution >= 4 is 17.8 Å². The van der Waals surface area contributed by atoms with Gasteiger partial charge in [0, 0.05) is 26.1 Å². The van der Waals surface area contributed by atoms with E-state index in [0.29, 0.717) is 19.0 Å². The lowest BCUT2D eigenvalue weighted by Crippen LogP contribution is -2.52. The van der Waals surface area contributed by atoms with Crippen LogP contribution in [0.2, 0.25) is 0 Å². The molecule has 0 aromatic heterocycles. The van der Waals surface area contributed by atoms with Crippen molar-refractivity contribution in [1.29, 1.82) is 0 Å². The van der Waals surface area contributed by atoms with Crippen LogP contribution < -0.4 is 10.6 Å². The van der Waals surface area contributed by atoms with Gasteiger partial charge in [-0.15, -0.1) is 0 Å². The Morgan fingerprint density at radius 2 is 1.65 bits per heavy atom. The number of aliphatic hydroxyl groups is 1. The van der Waals surface area contributed by atoms with Gasteiger partial charge in [0.2, 0.25) is 5.91 Å². The van der Waals surface area contributed by atoms with Gasteiger partial charge in [-0.3, -0.25) is 14.9 Å². The Morgan fingerprint density at radius 1 is 1.00 bits per heavy atom. The van der Waals surface area contributed by atoms with Gasteiger partial charge < -0.3 is 15.3 Å². The monoisotopic (exact) mass is 421 g/mol. The van der Waals surface area contributed by atoms with Crippen molar-refractivity contribution < 1.29 is 19.5 Å². The standard InChI is InChI=1S/C24H27N3O4/c28-15-12-24(22(30)25-23(31)26-24)16-21(29)27-13-10-20(11-14-27)19-8-6-18(7-9-19)17-4-2-1-3-5-17/h1-9,20,28H,10-16H2,(H2,25,26,30,31). The van der Waals surface area contributed by atoms with Crippen molar-refractivity contribution in [2.75, 3.05) is 19.7 Å². The van der Waals surface area contributed by atoms with Crippen LogP contribution in [0, 0.1) is 0 Å². The van der Waals surface area contributed by atoms with E-state index in [9.17, 15) is 19.5 Å². The topological polar surface area (TPSA) is 98.7 Å². The lowest BCUT2D eigenvalue weighted by Gasteiger charge is -2.34. The number of aliphatic hydroxyl groups excluding tert-OH is 1. The van der Waals surface area contributed by atoms with E-state index < -0.39 is 17.5 Å². The van der Waals surface area contributed by atoms with Crippen molar-refractivity contribution in [2.45, 2.75) is 37.1 Å². The second-order valence-corrected chi connectivity index (χ2v) is 8.28. The summed E-state index contributed by atoms with van der Waals surface area (Å²) >= 11 is 0. The average Bonchev–Trinajstić information content (AvgIpc) is 3.07. The Kier molecular flexibility index (Phi) is 6.04. The summed E-state index contributed by atoms with van der Waals surface area (Å²) in [5, 5.41) is 14.0. The zero-order chi connectivity index (χ0) is 21.8. The third-order valence-electron chi connectivity index (χ3n) is 6.34. The number of urea groups is 1. The molecule has 2 aromatic rings. The molecule has 4 rings (SSSR count). The maximum Gasteiger partial charge on any atom is 0.322 e. The molecule has 0 spiro atoms. The molecule has 7 heteroatoms. The van der Waals surface area contributed by atoms with Gasteiger partial charge in [-0.05, 0) is 35.4 Å². The maximum absolute atomic E-state index is 12.8. The van der Waals surface area contributed by atoms with Crippen molar-refractivity contribution in [2.24, 2.45) is 0 Å². The van der Waals surface area contributed by atoms with E-state index in [0.717, 1.165) is 12.8 Å². The third kappa shape index (κ3) is 4.46. The minimum Gasteiger partial charge on any atom is -0.396 e. The van der Waals surface area contributed by atoms with E-state index in [-0.39, 0.29) is 25.4 Å². The molecule has 31 heavy (non-hydrogen) atoms. The molecule has 2 aromatic carbocycles. The summed E-state index contributed by atoms with van der Waals surface area (Å²) in [5.41, 5.74) is 2.29. The van der Waals surface area contributed by atoms with Crippen molar-refractivity contribution in [3.63, 3.8) is 0 Å². The highest BCUT2D eigenvalue weighted by Gasteiger charge is 2.48. The highest BCUT2D eigenvalue weighted by molar-refractivity contribution is 6.08. The highest BCUT2D eigenvalue weighted by Crippen LogP contribution is 2.31. The number of carbonyl (C=O) groups is 3. The summed E-state index contributed by atoms with van der Waals surface area (Å²) in [6.45, 7) is 0.922. The number of hydrogen-bond acceptors (Lipinski definition) is 4. The van der Waals surface area contributed by atoms with Crippen LogP contribution in [-0.2, 0) is 9.59 Å². The first-order chi connectivity index (χ1) is 15.0. The SMILES string of the molecule is O=C1NC(=O)C(CCO)(CC(=O)N2CCC(c3ccc(-c4ccccc4)cc3)CC2)N1. The van der Waals surface area contributed by atoms with Gasteiger partial charge in [-0.2, -0.15) is 0 Å². The summed E-state index contributed by atoms with van der Waals surface area (Å²) < 4.78 is 0. The number of imide groups is 1. The number of rotatable bonds is 6. The molecule has 0 bridgehead atoms. The van der Waals surface area contributed by atoms with Gasteiger partial charge in [-0.25, -0.2) is 4.79 Å². The van der Waals surface area contributed by atoms with Crippen molar-refractivity contribution in [3.8, 4) is 11.1 Å². The number of amides is 4. The van der Waals surface area contributed by atoms with Crippen LogP contribution in [0.5, 0.6) is 0 Å². The predicted octanol–water partition coefficient (Wildman–Crippen LogP) is 2.41. The molecule has 1 unspecified atom stereocenters. The molecule has 2 fully saturated rings. The zero-order valence-electron chi connectivity index (χ0n) is 17.3. The van der Waals surface area contributed by atoms with Crippen LogP contribution in [0.15, 0.2) is 54.6 Å². The molecule has 0 aliphatic carbocycles. The van der Waals surface area contributed by atoms with Gasteiger partial charge >= 0.3 is 6.03 Å². The average molecular weight is 421 g/mol. The van der Waals surface area contributed by atoms with Crippen molar-refractivity contribution in [3.05, 3.63) is 60.2 Å². The van der Waals surface area contributed by atoms with Gasteiger partial charge in [0.15, 0.2) is 0 Å². The fourth-order valence-electron chi connectivity index (χ4n) is 4.52. The molecule has 7 nitrogen and oxygen atoms in total. The number of piperidine rings is 1. The Hall–Kier alpha value is -3.19. The van der Waals surface area contributed by atoms with E-state index in [4.69, 9.17) is 0 Å². The second kappa shape index (κ2) is 8.89. The molecule has 2 saturated heterocycles. The predicted molar refractivity (Wildman–Crippen MR) is 116 cm³/mol. The summed E-state index contributed by atoms with van der Waals surface area (Å²) in [6, 6.07) is 18.2. The third-order valence-corrected chi connectivity index (χ3v) is 6.34. The molecular formula is C24H27N3O4. The van der Waals surface area contributed by atoms with E-state index in [1.165, 1.54) is 16.7 Å². The number of nitrogens with one attached hydrogen (secondary N) is 2. The maximum atomic E-state index is 12.8. The highest BCUT2D eigenvalue weighted by atomic mass is 16.3. The molecule has 0 radical (unpaired) electrons. The summed E-state index contributed by atoms with van der Waals surface area (Å²) in [6.07, 6.45) is 1.58. The molecule has 3 N–H and O–H groups in total. The minimum atomic E-state index is -1.35. The van der Waals surface area contributed by atoms with Crippen LogP contribution in [0.3, 0.4) is 0 Å². The molecule has 2 aliphatic heterocycles. The fraction of sp³-hybridized carbons (Fsp3) is 0.375. The van der Waals surface area contributed by atoms with E-state index >= 15 is 0 Å². The first kappa shape index (κ1) is 21.1. The number of benzene rings is 2. The van der Waals surface area contributed by atoms with E-state index in [2.05, 4.69) is 47.0 Å². The molecule has 2 aliphatic rings. The number of carbonyl (C=O) groups excluding carboxylic acids is 3. The lowest BCUT2D eigenvalue weighted by molar-refractivity contribution is -0.137. The largest absolute Gasteiger partial charge is 0.396 e. The van der Waals surface area contributed by atoms with Gasteiger partial charge in [0.05, 0.1) is 6.42 Å². The first-order valence-electron chi connectivity index (χ1n) is 10.7. The number of nitrogens with zero attached hydrogens (tertiary/aromatic N) is 1. The van der Waals surface area contributed by atoms with Crippen molar-refractivity contribution in [1.82, 2.24) is 15.5 Å².